The molecule has 2 rings (SSSR count). The Hall–Kier alpha value is -1.75. The molecule has 1 amide bonds. The van der Waals surface area contributed by atoms with Crippen molar-refractivity contribution >= 4 is 11.8 Å². The van der Waals surface area contributed by atoms with Gasteiger partial charge in [-0.25, -0.2) is 4.79 Å². The minimum Gasteiger partial charge on any atom is -0.453 e. The summed E-state index contributed by atoms with van der Waals surface area (Å²) >= 11 is 0. The molecule has 19 heavy (non-hydrogen) atoms. The van der Waals surface area contributed by atoms with Crippen LogP contribution in [-0.4, -0.2) is 37.4 Å². The lowest BCUT2D eigenvalue weighted by molar-refractivity contribution is 0.167. The van der Waals surface area contributed by atoms with Gasteiger partial charge in [-0.1, -0.05) is 12.1 Å². The van der Waals surface area contributed by atoms with E-state index in [4.69, 9.17) is 0 Å². The van der Waals surface area contributed by atoms with E-state index in [2.05, 4.69) is 15.0 Å². The van der Waals surface area contributed by atoms with Crippen molar-refractivity contribution in [3.63, 3.8) is 0 Å². The summed E-state index contributed by atoms with van der Waals surface area (Å²) in [6.07, 6.45) is 0.0884. The van der Waals surface area contributed by atoms with Crippen molar-refractivity contribution in [3.05, 3.63) is 29.8 Å². The molecule has 1 unspecified atom stereocenters. The van der Waals surface area contributed by atoms with Crippen molar-refractivity contribution in [1.82, 2.24) is 5.32 Å². The van der Waals surface area contributed by atoms with Crippen LogP contribution in [0.4, 0.5) is 10.5 Å². The minimum atomic E-state index is -0.443. The quantitative estimate of drug-likeness (QED) is 0.872. The molecule has 1 fully saturated rings. The number of ether oxygens (including phenoxy) is 1. The van der Waals surface area contributed by atoms with E-state index in [-0.39, 0.29) is 12.1 Å². The third-order valence-electron chi connectivity index (χ3n) is 3.44. The van der Waals surface area contributed by atoms with Crippen molar-refractivity contribution in [2.24, 2.45) is 0 Å². The predicted octanol–water partition coefficient (Wildman–Crippen LogP) is 1.67. The van der Waals surface area contributed by atoms with Crippen LogP contribution < -0.4 is 10.2 Å². The first-order valence-corrected chi connectivity index (χ1v) is 6.47. The number of aliphatic hydroxyl groups is 1. The van der Waals surface area contributed by atoms with Crippen LogP contribution in [0.1, 0.15) is 25.0 Å². The molecule has 104 valence electrons. The molecule has 2 N–H and O–H groups in total. The number of nitrogens with one attached hydrogen (secondary N) is 1. The Kier molecular flexibility index (Phi) is 4.27. The maximum Gasteiger partial charge on any atom is 0.407 e. The van der Waals surface area contributed by atoms with Crippen LogP contribution >= 0.6 is 0 Å². The Bertz CT molecular complexity index is 431. The summed E-state index contributed by atoms with van der Waals surface area (Å²) < 4.78 is 4.60. The predicted molar refractivity (Wildman–Crippen MR) is 73.2 cm³/mol. The minimum absolute atomic E-state index is 0.129. The van der Waals surface area contributed by atoms with E-state index in [1.807, 2.05) is 24.3 Å². The summed E-state index contributed by atoms with van der Waals surface area (Å²) in [5, 5.41) is 12.3. The number of benzene rings is 1. The average molecular weight is 264 g/mol. The fraction of sp³-hybridized carbons (Fsp3) is 0.500. The second-order valence-corrected chi connectivity index (χ2v) is 4.84. The number of carbonyl (C=O) groups excluding carboxylic acids is 1. The number of nitrogens with zero attached hydrogens (tertiary/aromatic N) is 1. The number of rotatable bonds is 3. The van der Waals surface area contributed by atoms with E-state index in [0.717, 1.165) is 30.8 Å². The summed E-state index contributed by atoms with van der Waals surface area (Å²) in [4.78, 5) is 13.4. The third-order valence-corrected chi connectivity index (χ3v) is 3.44. The smallest absolute Gasteiger partial charge is 0.407 e. The van der Waals surface area contributed by atoms with Gasteiger partial charge in [0.2, 0.25) is 0 Å². The second-order valence-electron chi connectivity index (χ2n) is 4.84. The highest BCUT2D eigenvalue weighted by Gasteiger charge is 2.24. The van der Waals surface area contributed by atoms with Crippen molar-refractivity contribution in [3.8, 4) is 0 Å². The van der Waals surface area contributed by atoms with Gasteiger partial charge in [0.15, 0.2) is 0 Å². The van der Waals surface area contributed by atoms with E-state index < -0.39 is 6.10 Å². The van der Waals surface area contributed by atoms with Gasteiger partial charge in [0.1, 0.15) is 0 Å². The lowest BCUT2D eigenvalue weighted by Crippen LogP contribution is -2.36. The summed E-state index contributed by atoms with van der Waals surface area (Å²) in [6, 6.07) is 8.00. The zero-order valence-electron chi connectivity index (χ0n) is 11.3. The molecular weight excluding hydrogens is 244 g/mol. The SMILES string of the molecule is COC(=O)NC1CCN(c2ccc([C@@H](C)O)cc2)C1. The Labute approximate surface area is 113 Å². The fourth-order valence-electron chi connectivity index (χ4n) is 2.30. The average Bonchev–Trinajstić information content (AvgIpc) is 2.87. The standard InChI is InChI=1S/C14H20N2O3/c1-10(17)11-3-5-13(6-4-11)16-8-7-12(9-16)15-14(18)19-2/h3-6,10,12,17H,7-9H2,1-2H3,(H,15,18)/t10-,12?/m1/s1. The largest absolute Gasteiger partial charge is 0.453 e. The number of hydrogen-bond acceptors (Lipinski definition) is 4. The van der Waals surface area contributed by atoms with Crippen LogP contribution in [0.25, 0.3) is 0 Å². The number of anilines is 1. The first-order valence-electron chi connectivity index (χ1n) is 6.47. The molecule has 1 aliphatic heterocycles. The van der Waals surface area contributed by atoms with E-state index >= 15 is 0 Å². The third kappa shape index (κ3) is 3.38. The summed E-state index contributed by atoms with van der Waals surface area (Å²) in [5.41, 5.74) is 2.02. The first kappa shape index (κ1) is 13.7. The molecule has 1 aromatic rings. The van der Waals surface area contributed by atoms with Crippen LogP contribution in [0, 0.1) is 0 Å². The van der Waals surface area contributed by atoms with Crippen LogP contribution in [0.5, 0.6) is 0 Å². The van der Waals surface area contributed by atoms with Crippen molar-refractivity contribution < 1.29 is 14.6 Å². The van der Waals surface area contributed by atoms with E-state index in [1.165, 1.54) is 7.11 Å². The summed E-state index contributed by atoms with van der Waals surface area (Å²) in [5.74, 6) is 0. The molecule has 0 radical (unpaired) electrons. The number of alkyl carbamates (subject to hydrolysis) is 1. The fourth-order valence-corrected chi connectivity index (χ4v) is 2.30. The Balaban J connectivity index is 1.95. The molecule has 5 nitrogen and oxygen atoms in total. The van der Waals surface area contributed by atoms with Gasteiger partial charge in [0.05, 0.1) is 19.3 Å². The maximum atomic E-state index is 11.2. The molecule has 0 aromatic heterocycles. The Morgan fingerprint density at radius 1 is 1.47 bits per heavy atom. The lowest BCUT2D eigenvalue weighted by Gasteiger charge is -2.19. The lowest BCUT2D eigenvalue weighted by atomic mass is 10.1. The number of amides is 1. The van der Waals surface area contributed by atoms with E-state index in [9.17, 15) is 9.90 Å². The van der Waals surface area contributed by atoms with Gasteiger partial charge in [-0.15, -0.1) is 0 Å². The summed E-state index contributed by atoms with van der Waals surface area (Å²) in [6.45, 7) is 3.44. The van der Waals surface area contributed by atoms with Gasteiger partial charge in [-0.2, -0.15) is 0 Å². The van der Waals surface area contributed by atoms with Crippen LogP contribution in [0.15, 0.2) is 24.3 Å². The van der Waals surface area contributed by atoms with E-state index in [1.54, 1.807) is 6.92 Å². The Morgan fingerprint density at radius 2 is 2.16 bits per heavy atom. The first-order chi connectivity index (χ1) is 9.10. The summed E-state index contributed by atoms with van der Waals surface area (Å²) in [7, 11) is 1.37. The topological polar surface area (TPSA) is 61.8 Å². The zero-order valence-corrected chi connectivity index (χ0v) is 11.3. The molecule has 0 spiro atoms. The molecule has 0 aliphatic carbocycles. The Morgan fingerprint density at radius 3 is 2.74 bits per heavy atom. The molecule has 1 aliphatic rings. The van der Waals surface area contributed by atoms with Gasteiger partial charge < -0.3 is 20.1 Å². The number of hydrogen-bond donors (Lipinski definition) is 2. The number of aliphatic hydroxyl groups excluding tert-OH is 1. The number of carbonyl (C=O) groups is 1. The van der Waals surface area contributed by atoms with Gasteiger partial charge in [0, 0.05) is 18.8 Å². The zero-order chi connectivity index (χ0) is 13.8. The van der Waals surface area contributed by atoms with Gasteiger partial charge in [-0.05, 0) is 31.0 Å². The molecule has 0 bridgehead atoms. The van der Waals surface area contributed by atoms with Crippen LogP contribution in [0.3, 0.4) is 0 Å². The van der Waals surface area contributed by atoms with Crippen molar-refractivity contribution in [2.45, 2.75) is 25.5 Å². The maximum absolute atomic E-state index is 11.2. The van der Waals surface area contributed by atoms with Crippen molar-refractivity contribution in [1.29, 1.82) is 0 Å². The van der Waals surface area contributed by atoms with Crippen LogP contribution in [-0.2, 0) is 4.74 Å². The highest BCUT2D eigenvalue weighted by molar-refractivity contribution is 5.67. The molecule has 0 saturated carbocycles. The van der Waals surface area contributed by atoms with Crippen LogP contribution in [0.2, 0.25) is 0 Å². The molecule has 1 saturated heterocycles. The monoisotopic (exact) mass is 264 g/mol. The molecule has 1 aromatic carbocycles. The molecule has 2 atom stereocenters. The molecule has 1 heterocycles. The van der Waals surface area contributed by atoms with Gasteiger partial charge in [0.25, 0.3) is 0 Å². The van der Waals surface area contributed by atoms with E-state index in [0.29, 0.717) is 0 Å². The second kappa shape index (κ2) is 5.93. The highest BCUT2D eigenvalue weighted by atomic mass is 16.5. The van der Waals surface area contributed by atoms with Crippen molar-refractivity contribution in [2.75, 3.05) is 25.1 Å². The molecule has 5 heteroatoms. The number of methoxy groups -OCH3 is 1. The highest BCUT2D eigenvalue weighted by Crippen LogP contribution is 2.22. The normalized spacial score (nSPS) is 20.2. The van der Waals surface area contributed by atoms with Gasteiger partial charge in [-0.3, -0.25) is 0 Å². The van der Waals surface area contributed by atoms with Gasteiger partial charge >= 0.3 is 6.09 Å². The molecular formula is C14H20N2O3.